The monoisotopic (exact) mass is 547 g/mol. The summed E-state index contributed by atoms with van der Waals surface area (Å²) in [5.74, 6) is 0.965. The molecule has 1 spiro atoms. The molecule has 5 rings (SSSR count). The Bertz CT molecular complexity index is 1180. The number of nitrogens with one attached hydrogen (secondary N) is 2. The van der Waals surface area contributed by atoms with Gasteiger partial charge in [-0.25, -0.2) is 9.78 Å². The number of pyridine rings is 1. The number of carbonyl (C=O) groups is 2. The van der Waals surface area contributed by atoms with Gasteiger partial charge in [0.05, 0.1) is 5.52 Å². The van der Waals surface area contributed by atoms with Crippen molar-refractivity contribution in [1.82, 2.24) is 20.8 Å². The summed E-state index contributed by atoms with van der Waals surface area (Å²) in [6, 6.07) is 12.0. The van der Waals surface area contributed by atoms with Crippen molar-refractivity contribution in [1.29, 1.82) is 0 Å². The summed E-state index contributed by atoms with van der Waals surface area (Å²) in [5, 5.41) is 10.1. The van der Waals surface area contributed by atoms with Gasteiger partial charge in [0.25, 0.3) is 5.91 Å². The lowest BCUT2D eigenvalue weighted by Crippen LogP contribution is -2.66. The fourth-order valence-corrected chi connectivity index (χ4v) is 5.01. The van der Waals surface area contributed by atoms with Crippen molar-refractivity contribution in [3.63, 3.8) is 0 Å². The molecule has 9 nitrogen and oxygen atoms in total. The van der Waals surface area contributed by atoms with Crippen molar-refractivity contribution >= 4 is 51.3 Å². The van der Waals surface area contributed by atoms with E-state index in [1.165, 1.54) is 16.7 Å². The zero-order valence-electron chi connectivity index (χ0n) is 17.4. The van der Waals surface area contributed by atoms with Crippen LogP contribution in [0.3, 0.4) is 0 Å². The number of rotatable bonds is 5. The standard InChI is InChI=1S/C22H22IN5O4/c1-24-20(29)18-7-16(32-27-18)10-31-21(30)25-15-8-22(9-15)11-28(12-22)19-5-2-13-6-14(23)3-4-17(13)26-19/h2-7,15H,8-12H2,1H3,(H,24,29)(H,25,30). The minimum atomic E-state index is -0.496. The molecule has 1 saturated heterocycles. The van der Waals surface area contributed by atoms with Crippen LogP contribution in [0.4, 0.5) is 10.6 Å². The molecule has 0 unspecified atom stereocenters. The number of amides is 2. The average molecular weight is 547 g/mol. The van der Waals surface area contributed by atoms with E-state index >= 15 is 0 Å². The van der Waals surface area contributed by atoms with Crippen LogP contribution >= 0.6 is 22.6 Å². The molecular weight excluding hydrogens is 525 g/mol. The molecule has 10 heteroatoms. The normalized spacial score (nSPS) is 17.0. The summed E-state index contributed by atoms with van der Waals surface area (Å²) in [7, 11) is 1.51. The lowest BCUT2D eigenvalue weighted by atomic mass is 9.60. The third-order valence-electron chi connectivity index (χ3n) is 6.06. The van der Waals surface area contributed by atoms with Crippen molar-refractivity contribution in [3.05, 3.63) is 51.4 Å². The number of hydrogen-bond donors (Lipinski definition) is 2. The lowest BCUT2D eigenvalue weighted by Gasteiger charge is -2.59. The van der Waals surface area contributed by atoms with Crippen LogP contribution in [0.15, 0.2) is 40.9 Å². The molecule has 1 saturated carbocycles. The molecule has 2 aliphatic rings. The Morgan fingerprint density at radius 3 is 2.84 bits per heavy atom. The van der Waals surface area contributed by atoms with Crippen LogP contribution in [0.1, 0.15) is 29.1 Å². The Morgan fingerprint density at radius 2 is 2.06 bits per heavy atom. The maximum absolute atomic E-state index is 12.1. The Morgan fingerprint density at radius 1 is 1.25 bits per heavy atom. The van der Waals surface area contributed by atoms with Gasteiger partial charge < -0.3 is 24.8 Å². The molecule has 2 N–H and O–H groups in total. The summed E-state index contributed by atoms with van der Waals surface area (Å²) >= 11 is 2.31. The van der Waals surface area contributed by atoms with Crippen LogP contribution in [0.5, 0.6) is 0 Å². The van der Waals surface area contributed by atoms with Gasteiger partial charge in [-0.15, -0.1) is 0 Å². The maximum Gasteiger partial charge on any atom is 0.407 e. The van der Waals surface area contributed by atoms with Crippen LogP contribution in [0.25, 0.3) is 10.9 Å². The largest absolute Gasteiger partial charge is 0.441 e. The molecule has 0 radical (unpaired) electrons. The van der Waals surface area contributed by atoms with Crippen LogP contribution in [0.2, 0.25) is 0 Å². The highest BCUT2D eigenvalue weighted by Crippen LogP contribution is 2.49. The number of fused-ring (bicyclic) bond motifs is 1. The Kier molecular flexibility index (Phi) is 5.39. The summed E-state index contributed by atoms with van der Waals surface area (Å²) in [6.45, 7) is 1.82. The van der Waals surface area contributed by atoms with Crippen molar-refractivity contribution in [3.8, 4) is 0 Å². The summed E-state index contributed by atoms with van der Waals surface area (Å²) in [4.78, 5) is 30.6. The van der Waals surface area contributed by atoms with E-state index in [9.17, 15) is 9.59 Å². The second-order valence-electron chi connectivity index (χ2n) is 8.45. The first kappa shape index (κ1) is 21.0. The molecule has 2 amide bonds. The molecule has 1 aromatic carbocycles. The Labute approximate surface area is 198 Å². The van der Waals surface area contributed by atoms with Gasteiger partial charge in [0.15, 0.2) is 18.1 Å². The third kappa shape index (κ3) is 4.10. The van der Waals surface area contributed by atoms with Crippen LogP contribution in [-0.2, 0) is 11.3 Å². The first-order chi connectivity index (χ1) is 15.4. The van der Waals surface area contributed by atoms with Crippen molar-refractivity contribution in [2.24, 2.45) is 5.41 Å². The van der Waals surface area contributed by atoms with Crippen molar-refractivity contribution < 1.29 is 18.8 Å². The minimum Gasteiger partial charge on any atom is -0.441 e. The number of alkyl carbamates (subject to hydrolysis) is 1. The van der Waals surface area contributed by atoms with Crippen LogP contribution in [0, 0.1) is 8.99 Å². The molecule has 1 aliphatic carbocycles. The molecule has 0 atom stereocenters. The molecule has 2 fully saturated rings. The predicted octanol–water partition coefficient (Wildman–Crippen LogP) is 3.08. The fraction of sp³-hybridized carbons (Fsp3) is 0.364. The molecule has 32 heavy (non-hydrogen) atoms. The quantitative estimate of drug-likeness (QED) is 0.473. The first-order valence-electron chi connectivity index (χ1n) is 10.4. The second kappa shape index (κ2) is 8.23. The van der Waals surface area contributed by atoms with Crippen LogP contribution in [-0.4, -0.2) is 48.3 Å². The van der Waals surface area contributed by atoms with Gasteiger partial charge in [-0.05, 0) is 65.8 Å². The van der Waals surface area contributed by atoms with E-state index in [-0.39, 0.29) is 29.7 Å². The average Bonchev–Trinajstić information content (AvgIpc) is 3.21. The summed E-state index contributed by atoms with van der Waals surface area (Å²) < 4.78 is 11.4. The van der Waals surface area contributed by atoms with E-state index in [0.717, 1.165) is 42.7 Å². The smallest absolute Gasteiger partial charge is 0.407 e. The van der Waals surface area contributed by atoms with E-state index in [4.69, 9.17) is 14.2 Å². The van der Waals surface area contributed by atoms with Crippen molar-refractivity contribution in [2.75, 3.05) is 25.0 Å². The first-order valence-corrected chi connectivity index (χ1v) is 11.4. The topological polar surface area (TPSA) is 110 Å². The van der Waals surface area contributed by atoms with Crippen molar-refractivity contribution in [2.45, 2.75) is 25.5 Å². The van der Waals surface area contributed by atoms with E-state index in [2.05, 4.69) is 73.6 Å². The van der Waals surface area contributed by atoms with Gasteiger partial charge >= 0.3 is 6.09 Å². The molecule has 1 aliphatic heterocycles. The number of hydrogen-bond acceptors (Lipinski definition) is 7. The van der Waals surface area contributed by atoms with Gasteiger partial charge in [-0.1, -0.05) is 5.16 Å². The van der Waals surface area contributed by atoms with Gasteiger partial charge in [0, 0.05) is 46.6 Å². The molecule has 2 aromatic heterocycles. The number of halogens is 1. The molecule has 0 bridgehead atoms. The zero-order valence-corrected chi connectivity index (χ0v) is 19.6. The van der Waals surface area contributed by atoms with Gasteiger partial charge in [0.1, 0.15) is 5.82 Å². The fourth-order valence-electron chi connectivity index (χ4n) is 4.49. The van der Waals surface area contributed by atoms with E-state index in [1.807, 2.05) is 0 Å². The van der Waals surface area contributed by atoms with E-state index in [1.54, 1.807) is 0 Å². The number of nitrogens with zero attached hydrogens (tertiary/aromatic N) is 3. The number of aromatic nitrogens is 2. The lowest BCUT2D eigenvalue weighted by molar-refractivity contribution is 0.0417. The highest BCUT2D eigenvalue weighted by Gasteiger charge is 2.53. The Hall–Kier alpha value is -2.89. The molecule has 3 aromatic rings. The highest BCUT2D eigenvalue weighted by atomic mass is 127. The third-order valence-corrected chi connectivity index (χ3v) is 6.73. The molecular formula is C22H22IN5O4. The van der Waals surface area contributed by atoms with Gasteiger partial charge in [-0.2, -0.15) is 0 Å². The molecule has 166 valence electrons. The van der Waals surface area contributed by atoms with Gasteiger partial charge in [-0.3, -0.25) is 4.79 Å². The SMILES string of the molecule is CNC(=O)c1cc(COC(=O)NC2CC3(C2)CN(c2ccc4cc(I)ccc4n2)C3)on1. The minimum absolute atomic E-state index is 0.0752. The van der Waals surface area contributed by atoms with E-state index < -0.39 is 6.09 Å². The van der Waals surface area contributed by atoms with E-state index in [0.29, 0.717) is 5.76 Å². The number of anilines is 1. The summed E-state index contributed by atoms with van der Waals surface area (Å²) in [6.07, 6.45) is 1.35. The molecule has 3 heterocycles. The number of benzene rings is 1. The second-order valence-corrected chi connectivity index (χ2v) is 9.69. The Balaban J connectivity index is 1.07. The highest BCUT2D eigenvalue weighted by molar-refractivity contribution is 14.1. The number of ether oxygens (including phenoxy) is 1. The zero-order chi connectivity index (χ0) is 22.3. The summed E-state index contributed by atoms with van der Waals surface area (Å²) in [5.41, 5.74) is 1.40. The maximum atomic E-state index is 12.1. The van der Waals surface area contributed by atoms with Crippen LogP contribution < -0.4 is 15.5 Å². The number of carbonyl (C=O) groups excluding carboxylic acids is 2. The van der Waals surface area contributed by atoms with Gasteiger partial charge in [0.2, 0.25) is 0 Å². The predicted molar refractivity (Wildman–Crippen MR) is 125 cm³/mol.